The van der Waals surface area contributed by atoms with Crippen LogP contribution in [0.2, 0.25) is 0 Å². The van der Waals surface area contributed by atoms with Crippen molar-refractivity contribution in [2.24, 2.45) is 0 Å². The standard InChI is InChI=1S/C14H20O2/c1-8-9(2)13-11(7-14(4,5)16-13)10(3)12(8)15-6/h7H2,1-6H3. The molecule has 0 amide bonds. The Morgan fingerprint density at radius 1 is 1.06 bits per heavy atom. The largest absolute Gasteiger partial charge is 0.496 e. The summed E-state index contributed by atoms with van der Waals surface area (Å²) in [5.41, 5.74) is 4.85. The number of methoxy groups -OCH3 is 1. The summed E-state index contributed by atoms with van der Waals surface area (Å²) in [6.45, 7) is 10.6. The molecule has 0 saturated carbocycles. The first-order valence-electron chi connectivity index (χ1n) is 5.73. The molecule has 1 aliphatic heterocycles. The molecule has 0 aromatic heterocycles. The summed E-state index contributed by atoms with van der Waals surface area (Å²) in [7, 11) is 1.74. The van der Waals surface area contributed by atoms with Crippen LogP contribution < -0.4 is 9.47 Å². The van der Waals surface area contributed by atoms with E-state index in [2.05, 4.69) is 34.6 Å². The highest BCUT2D eigenvalue weighted by atomic mass is 16.5. The van der Waals surface area contributed by atoms with Gasteiger partial charge in [-0.2, -0.15) is 0 Å². The van der Waals surface area contributed by atoms with Gasteiger partial charge in [0.05, 0.1) is 7.11 Å². The average molecular weight is 220 g/mol. The van der Waals surface area contributed by atoms with Crippen LogP contribution in [0.15, 0.2) is 0 Å². The van der Waals surface area contributed by atoms with Gasteiger partial charge in [0.2, 0.25) is 0 Å². The smallest absolute Gasteiger partial charge is 0.127 e. The lowest BCUT2D eigenvalue weighted by Crippen LogP contribution is -2.24. The summed E-state index contributed by atoms with van der Waals surface area (Å²) in [5.74, 6) is 2.08. The SMILES string of the molecule is COc1c(C)c(C)c2c(c1C)CC(C)(C)O2. The number of rotatable bonds is 1. The molecular formula is C14H20O2. The van der Waals surface area contributed by atoms with Gasteiger partial charge in [-0.3, -0.25) is 0 Å². The average Bonchev–Trinajstić information content (AvgIpc) is 2.52. The van der Waals surface area contributed by atoms with Crippen LogP contribution in [0.4, 0.5) is 0 Å². The second-order valence-electron chi connectivity index (χ2n) is 5.25. The van der Waals surface area contributed by atoms with Crippen molar-refractivity contribution in [3.8, 4) is 11.5 Å². The Bertz CT molecular complexity index is 445. The molecule has 1 aliphatic rings. The molecule has 88 valence electrons. The lowest BCUT2D eigenvalue weighted by Gasteiger charge is -2.18. The lowest BCUT2D eigenvalue weighted by molar-refractivity contribution is 0.137. The molecule has 0 aliphatic carbocycles. The van der Waals surface area contributed by atoms with Crippen LogP contribution in [0.25, 0.3) is 0 Å². The highest BCUT2D eigenvalue weighted by Crippen LogP contribution is 2.44. The minimum Gasteiger partial charge on any atom is -0.496 e. The van der Waals surface area contributed by atoms with Crippen molar-refractivity contribution in [3.63, 3.8) is 0 Å². The van der Waals surface area contributed by atoms with Gasteiger partial charge in [-0.05, 0) is 51.3 Å². The van der Waals surface area contributed by atoms with E-state index in [-0.39, 0.29) is 5.60 Å². The summed E-state index contributed by atoms with van der Waals surface area (Å²) in [5, 5.41) is 0. The second-order valence-corrected chi connectivity index (χ2v) is 5.25. The van der Waals surface area contributed by atoms with Gasteiger partial charge in [0.1, 0.15) is 17.1 Å². The van der Waals surface area contributed by atoms with E-state index in [9.17, 15) is 0 Å². The molecule has 0 fully saturated rings. The first kappa shape index (κ1) is 11.3. The van der Waals surface area contributed by atoms with E-state index in [4.69, 9.17) is 9.47 Å². The van der Waals surface area contributed by atoms with Crippen LogP contribution in [-0.2, 0) is 6.42 Å². The fourth-order valence-corrected chi connectivity index (χ4v) is 2.55. The van der Waals surface area contributed by atoms with Crippen LogP contribution in [-0.4, -0.2) is 12.7 Å². The van der Waals surface area contributed by atoms with Crippen molar-refractivity contribution in [3.05, 3.63) is 22.3 Å². The zero-order valence-corrected chi connectivity index (χ0v) is 11.0. The van der Waals surface area contributed by atoms with Gasteiger partial charge < -0.3 is 9.47 Å². The van der Waals surface area contributed by atoms with E-state index < -0.39 is 0 Å². The Kier molecular flexibility index (Phi) is 2.41. The van der Waals surface area contributed by atoms with Crippen molar-refractivity contribution in [1.29, 1.82) is 0 Å². The molecule has 0 spiro atoms. The zero-order valence-electron chi connectivity index (χ0n) is 11.0. The van der Waals surface area contributed by atoms with E-state index >= 15 is 0 Å². The summed E-state index contributed by atoms with van der Waals surface area (Å²) in [6.07, 6.45) is 0.964. The lowest BCUT2D eigenvalue weighted by atomic mass is 9.93. The molecule has 0 bridgehead atoms. The number of ether oxygens (including phenoxy) is 2. The van der Waals surface area contributed by atoms with Gasteiger partial charge in [-0.1, -0.05) is 0 Å². The number of benzene rings is 1. The van der Waals surface area contributed by atoms with Gasteiger partial charge in [0, 0.05) is 12.0 Å². The molecule has 1 aromatic rings. The number of fused-ring (bicyclic) bond motifs is 1. The maximum Gasteiger partial charge on any atom is 0.127 e. The van der Waals surface area contributed by atoms with Crippen LogP contribution >= 0.6 is 0 Å². The molecule has 2 heteroatoms. The molecule has 0 unspecified atom stereocenters. The highest BCUT2D eigenvalue weighted by Gasteiger charge is 2.34. The molecule has 16 heavy (non-hydrogen) atoms. The normalized spacial score (nSPS) is 16.9. The predicted octanol–water partition coefficient (Wildman–Crippen LogP) is 3.33. The summed E-state index contributed by atoms with van der Waals surface area (Å²) in [4.78, 5) is 0. The Morgan fingerprint density at radius 2 is 1.69 bits per heavy atom. The molecule has 0 radical (unpaired) electrons. The van der Waals surface area contributed by atoms with E-state index in [0.717, 1.165) is 17.9 Å². The Morgan fingerprint density at radius 3 is 2.25 bits per heavy atom. The Labute approximate surface area is 97.6 Å². The second kappa shape index (κ2) is 3.41. The zero-order chi connectivity index (χ0) is 12.1. The monoisotopic (exact) mass is 220 g/mol. The molecular weight excluding hydrogens is 200 g/mol. The van der Waals surface area contributed by atoms with Gasteiger partial charge in [0.25, 0.3) is 0 Å². The fraction of sp³-hybridized carbons (Fsp3) is 0.571. The molecule has 2 nitrogen and oxygen atoms in total. The third-order valence-electron chi connectivity index (χ3n) is 3.50. The van der Waals surface area contributed by atoms with Crippen molar-refractivity contribution >= 4 is 0 Å². The topological polar surface area (TPSA) is 18.5 Å². The third kappa shape index (κ3) is 1.48. The summed E-state index contributed by atoms with van der Waals surface area (Å²) in [6, 6.07) is 0. The van der Waals surface area contributed by atoms with Gasteiger partial charge in [-0.25, -0.2) is 0 Å². The quantitative estimate of drug-likeness (QED) is 0.722. The minimum atomic E-state index is -0.0866. The van der Waals surface area contributed by atoms with E-state index in [1.54, 1.807) is 7.11 Å². The van der Waals surface area contributed by atoms with Gasteiger partial charge in [0.15, 0.2) is 0 Å². The van der Waals surface area contributed by atoms with Crippen molar-refractivity contribution in [2.45, 2.75) is 46.6 Å². The molecule has 0 atom stereocenters. The molecule has 2 rings (SSSR count). The van der Waals surface area contributed by atoms with Crippen LogP contribution in [0.1, 0.15) is 36.1 Å². The number of hydrogen-bond acceptors (Lipinski definition) is 2. The maximum absolute atomic E-state index is 6.03. The minimum absolute atomic E-state index is 0.0866. The summed E-state index contributed by atoms with van der Waals surface area (Å²) < 4.78 is 11.5. The van der Waals surface area contributed by atoms with E-state index in [1.165, 1.54) is 22.3 Å². The Hall–Kier alpha value is -1.18. The van der Waals surface area contributed by atoms with Crippen molar-refractivity contribution in [2.75, 3.05) is 7.11 Å². The van der Waals surface area contributed by atoms with Crippen LogP contribution in [0.3, 0.4) is 0 Å². The Balaban J connectivity index is 2.68. The first-order chi connectivity index (χ1) is 7.37. The summed E-state index contributed by atoms with van der Waals surface area (Å²) >= 11 is 0. The molecule has 1 aromatic carbocycles. The van der Waals surface area contributed by atoms with Crippen molar-refractivity contribution < 1.29 is 9.47 Å². The fourth-order valence-electron chi connectivity index (χ4n) is 2.55. The van der Waals surface area contributed by atoms with Crippen LogP contribution in [0.5, 0.6) is 11.5 Å². The molecule has 1 heterocycles. The third-order valence-corrected chi connectivity index (χ3v) is 3.50. The van der Waals surface area contributed by atoms with Gasteiger partial charge >= 0.3 is 0 Å². The highest BCUT2D eigenvalue weighted by molar-refractivity contribution is 5.60. The molecule has 0 N–H and O–H groups in total. The van der Waals surface area contributed by atoms with E-state index in [1.807, 2.05) is 0 Å². The number of hydrogen-bond donors (Lipinski definition) is 0. The molecule has 0 saturated heterocycles. The van der Waals surface area contributed by atoms with Crippen LogP contribution in [0, 0.1) is 20.8 Å². The van der Waals surface area contributed by atoms with E-state index in [0.29, 0.717) is 0 Å². The van der Waals surface area contributed by atoms with Gasteiger partial charge in [-0.15, -0.1) is 0 Å². The maximum atomic E-state index is 6.03. The van der Waals surface area contributed by atoms with Crippen molar-refractivity contribution in [1.82, 2.24) is 0 Å². The predicted molar refractivity (Wildman–Crippen MR) is 65.6 cm³/mol. The first-order valence-corrected chi connectivity index (χ1v) is 5.73.